The lowest BCUT2D eigenvalue weighted by molar-refractivity contribution is -0.121. The number of carbonyl (C=O) groups excluding carboxylic acids is 2. The minimum atomic E-state index is -4.37. The number of hydrogen-bond acceptors (Lipinski definition) is 8. The number of nitrogens with one attached hydrogen (secondary N) is 2. The maximum atomic E-state index is 12.3. The third-order valence-electron chi connectivity index (χ3n) is 6.21. The normalized spacial score (nSPS) is 11.4. The summed E-state index contributed by atoms with van der Waals surface area (Å²) >= 11 is 0. The number of unbranched alkanes of at least 4 members (excludes halogenated alkanes) is 4. The second kappa shape index (κ2) is 16.2. The van der Waals surface area contributed by atoms with Gasteiger partial charge < -0.3 is 15.7 Å². The molecule has 0 saturated heterocycles. The zero-order chi connectivity index (χ0) is 29.5. The van der Waals surface area contributed by atoms with Crippen LogP contribution in [0, 0.1) is 0 Å². The van der Waals surface area contributed by atoms with Gasteiger partial charge in [-0.1, -0.05) is 49.6 Å². The van der Waals surface area contributed by atoms with Crippen LogP contribution in [0.5, 0.6) is 5.75 Å². The first kappa shape index (κ1) is 31.4. The van der Waals surface area contributed by atoms with Gasteiger partial charge in [0.2, 0.25) is 5.91 Å². The number of amides is 2. The topological polar surface area (TPSA) is 170 Å². The second-order valence-electron chi connectivity index (χ2n) is 9.43. The lowest BCUT2D eigenvalue weighted by Gasteiger charge is -2.07. The van der Waals surface area contributed by atoms with Crippen LogP contribution in [-0.4, -0.2) is 48.0 Å². The van der Waals surface area contributed by atoms with Crippen molar-refractivity contribution in [2.45, 2.75) is 56.4 Å². The SMILES string of the molecule is O=C(CCCCCCCc1ccc(O)cc1)NCCNC(=O)c1ccc(N=NCc2ccccc2S(=O)(=O)O)nc1. The van der Waals surface area contributed by atoms with Gasteiger partial charge in [-0.15, -0.1) is 5.11 Å². The van der Waals surface area contributed by atoms with Crippen molar-refractivity contribution in [3.05, 3.63) is 83.6 Å². The zero-order valence-electron chi connectivity index (χ0n) is 22.7. The molecule has 0 aliphatic carbocycles. The molecule has 0 spiro atoms. The van der Waals surface area contributed by atoms with E-state index in [1.807, 2.05) is 12.1 Å². The van der Waals surface area contributed by atoms with Crippen molar-refractivity contribution in [2.24, 2.45) is 10.2 Å². The van der Waals surface area contributed by atoms with E-state index in [0.717, 1.165) is 38.5 Å². The fourth-order valence-electron chi connectivity index (χ4n) is 4.03. The summed E-state index contributed by atoms with van der Waals surface area (Å²) in [6.07, 6.45) is 7.83. The van der Waals surface area contributed by atoms with Gasteiger partial charge >= 0.3 is 0 Å². The molecule has 4 N–H and O–H groups in total. The smallest absolute Gasteiger partial charge is 0.294 e. The van der Waals surface area contributed by atoms with Gasteiger partial charge in [-0.3, -0.25) is 14.1 Å². The number of azo groups is 1. The maximum absolute atomic E-state index is 12.3. The number of aromatic nitrogens is 1. The Kier molecular flexibility index (Phi) is 12.4. The van der Waals surface area contributed by atoms with Crippen molar-refractivity contribution >= 4 is 27.8 Å². The summed E-state index contributed by atoms with van der Waals surface area (Å²) in [5.74, 6) is 0.126. The molecule has 0 fully saturated rings. The van der Waals surface area contributed by atoms with E-state index in [1.165, 1.54) is 42.1 Å². The van der Waals surface area contributed by atoms with E-state index in [4.69, 9.17) is 0 Å². The van der Waals surface area contributed by atoms with Crippen LogP contribution in [-0.2, 0) is 27.9 Å². The number of aryl methyl sites for hydroxylation is 1. The molecule has 218 valence electrons. The van der Waals surface area contributed by atoms with Crippen LogP contribution in [0.1, 0.15) is 60.0 Å². The number of nitrogens with zero attached hydrogens (tertiary/aromatic N) is 3. The van der Waals surface area contributed by atoms with Gasteiger partial charge in [0.1, 0.15) is 5.75 Å². The van der Waals surface area contributed by atoms with Crippen molar-refractivity contribution in [3.8, 4) is 5.75 Å². The van der Waals surface area contributed by atoms with Crippen molar-refractivity contribution < 1.29 is 27.7 Å². The summed E-state index contributed by atoms with van der Waals surface area (Å²) in [5.41, 5.74) is 1.82. The molecule has 2 aromatic carbocycles. The molecule has 0 unspecified atom stereocenters. The first-order valence-electron chi connectivity index (χ1n) is 13.4. The van der Waals surface area contributed by atoms with E-state index in [1.54, 1.807) is 18.2 Å². The van der Waals surface area contributed by atoms with Gasteiger partial charge in [0.25, 0.3) is 16.0 Å². The Morgan fingerprint density at radius 3 is 2.29 bits per heavy atom. The second-order valence-corrected chi connectivity index (χ2v) is 10.8. The van der Waals surface area contributed by atoms with Crippen LogP contribution in [0.3, 0.4) is 0 Å². The molecule has 12 heteroatoms. The lowest BCUT2D eigenvalue weighted by atomic mass is 10.0. The van der Waals surface area contributed by atoms with Gasteiger partial charge in [0, 0.05) is 25.7 Å². The van der Waals surface area contributed by atoms with Crippen LogP contribution in [0.2, 0.25) is 0 Å². The molecule has 1 heterocycles. The lowest BCUT2D eigenvalue weighted by Crippen LogP contribution is -2.34. The van der Waals surface area contributed by atoms with Crippen molar-refractivity contribution in [1.82, 2.24) is 15.6 Å². The molecule has 2 amide bonds. The number of benzene rings is 2. The molecule has 0 bridgehead atoms. The predicted octanol–water partition coefficient (Wildman–Crippen LogP) is 4.75. The van der Waals surface area contributed by atoms with E-state index in [2.05, 4.69) is 25.8 Å². The fraction of sp³-hybridized carbons (Fsp3) is 0.345. The molecule has 11 nitrogen and oxygen atoms in total. The highest BCUT2D eigenvalue weighted by Gasteiger charge is 2.14. The summed E-state index contributed by atoms with van der Waals surface area (Å²) < 4.78 is 32.2. The Morgan fingerprint density at radius 2 is 1.56 bits per heavy atom. The van der Waals surface area contributed by atoms with Gasteiger partial charge in [-0.2, -0.15) is 13.5 Å². The first-order valence-corrected chi connectivity index (χ1v) is 14.9. The largest absolute Gasteiger partial charge is 0.508 e. The number of phenols is 1. The number of aromatic hydroxyl groups is 1. The summed E-state index contributed by atoms with van der Waals surface area (Å²) in [6.45, 7) is 0.520. The summed E-state index contributed by atoms with van der Waals surface area (Å²) in [4.78, 5) is 28.2. The van der Waals surface area contributed by atoms with E-state index >= 15 is 0 Å². The molecule has 0 saturated carbocycles. The molecule has 3 aromatic rings. The van der Waals surface area contributed by atoms with Gasteiger partial charge in [0.15, 0.2) is 5.82 Å². The fourth-order valence-corrected chi connectivity index (χ4v) is 4.74. The minimum absolute atomic E-state index is 0.0427. The standard InChI is InChI=1S/C29H35N5O6S/c35-25-15-12-22(13-16-25)8-4-2-1-3-5-11-28(36)30-18-19-31-29(37)24-14-17-27(32-20-24)34-33-21-23-9-6-7-10-26(23)41(38,39)40/h6-7,9-10,12-17,20,35H,1-5,8,11,18-19,21H2,(H,30,36)(H,31,37)(H,38,39,40). The molecule has 0 aliphatic rings. The molecule has 0 atom stereocenters. The first-order chi connectivity index (χ1) is 19.7. The van der Waals surface area contributed by atoms with Crippen molar-refractivity contribution in [2.75, 3.05) is 13.1 Å². The molecular weight excluding hydrogens is 546 g/mol. The molecular formula is C29H35N5O6S. The zero-order valence-corrected chi connectivity index (χ0v) is 23.5. The van der Waals surface area contributed by atoms with E-state index < -0.39 is 10.1 Å². The Hall–Kier alpha value is -4.16. The molecule has 3 rings (SSSR count). The van der Waals surface area contributed by atoms with Crippen LogP contribution in [0.15, 0.2) is 82.0 Å². The quantitative estimate of drug-likeness (QED) is 0.107. The van der Waals surface area contributed by atoms with Crippen molar-refractivity contribution in [1.29, 1.82) is 0 Å². The average molecular weight is 582 g/mol. The number of carbonyl (C=O) groups is 2. The van der Waals surface area contributed by atoms with Crippen LogP contribution >= 0.6 is 0 Å². The molecule has 0 radical (unpaired) electrons. The minimum Gasteiger partial charge on any atom is -0.508 e. The Morgan fingerprint density at radius 1 is 0.854 bits per heavy atom. The van der Waals surface area contributed by atoms with Gasteiger partial charge in [0.05, 0.1) is 17.0 Å². The summed E-state index contributed by atoms with van der Waals surface area (Å²) in [5, 5.41) is 22.7. The average Bonchev–Trinajstić information content (AvgIpc) is 2.96. The van der Waals surface area contributed by atoms with E-state index in [0.29, 0.717) is 24.1 Å². The number of hydrogen-bond donors (Lipinski definition) is 4. The third-order valence-corrected chi connectivity index (χ3v) is 7.17. The number of phenolic OH excluding ortho intramolecular Hbond substituents is 1. The van der Waals surface area contributed by atoms with Gasteiger partial charge in [-0.05, 0) is 60.7 Å². The van der Waals surface area contributed by atoms with E-state index in [9.17, 15) is 27.7 Å². The number of pyridine rings is 1. The molecule has 1 aromatic heterocycles. The maximum Gasteiger partial charge on any atom is 0.294 e. The highest BCUT2D eigenvalue weighted by molar-refractivity contribution is 7.85. The summed E-state index contributed by atoms with van der Waals surface area (Å²) in [6, 6.07) is 16.2. The van der Waals surface area contributed by atoms with Crippen LogP contribution in [0.4, 0.5) is 5.82 Å². The highest BCUT2D eigenvalue weighted by Crippen LogP contribution is 2.17. The number of rotatable bonds is 16. The third kappa shape index (κ3) is 11.5. The molecule has 41 heavy (non-hydrogen) atoms. The monoisotopic (exact) mass is 581 g/mol. The van der Waals surface area contributed by atoms with Crippen molar-refractivity contribution in [3.63, 3.8) is 0 Å². The highest BCUT2D eigenvalue weighted by atomic mass is 32.2. The van der Waals surface area contributed by atoms with Gasteiger partial charge in [-0.25, -0.2) is 4.98 Å². The Balaban J connectivity index is 1.26. The van der Waals surface area contributed by atoms with E-state index in [-0.39, 0.29) is 41.4 Å². The Labute approximate surface area is 239 Å². The van der Waals surface area contributed by atoms with Crippen LogP contribution < -0.4 is 10.6 Å². The molecule has 0 aliphatic heterocycles. The summed E-state index contributed by atoms with van der Waals surface area (Å²) in [7, 11) is -4.37. The predicted molar refractivity (Wildman–Crippen MR) is 154 cm³/mol. The van der Waals surface area contributed by atoms with Crippen LogP contribution in [0.25, 0.3) is 0 Å². The Bertz CT molecular complexity index is 1410.